The molecule has 0 radical (unpaired) electrons. The number of carboxylic acid groups (broad SMARTS) is 1. The quantitative estimate of drug-likeness (QED) is 0.224. The zero-order valence-corrected chi connectivity index (χ0v) is 24.1. The van der Waals surface area contributed by atoms with Crippen LogP contribution in [0.4, 0.5) is 0 Å². The number of aliphatic carboxylic acids is 1. The average molecular weight is 536 g/mol. The summed E-state index contributed by atoms with van der Waals surface area (Å²) >= 11 is 0. The molecule has 0 spiro atoms. The number of carboxylic acids is 1. The van der Waals surface area contributed by atoms with Crippen molar-refractivity contribution in [2.24, 2.45) is 16.6 Å². The number of hydrogen-bond donors (Lipinski definition) is 2. The highest BCUT2D eigenvalue weighted by Gasteiger charge is 2.33. The molecule has 0 aliphatic carbocycles. The first-order valence-corrected chi connectivity index (χ1v) is 13.4. The van der Waals surface area contributed by atoms with Gasteiger partial charge in [-0.2, -0.15) is 0 Å². The molecule has 3 atom stereocenters. The Morgan fingerprint density at radius 1 is 0.921 bits per heavy atom. The van der Waals surface area contributed by atoms with E-state index in [1.54, 1.807) is 40.7 Å². The fourth-order valence-electron chi connectivity index (χ4n) is 3.36. The Labute approximate surface area is 226 Å². The van der Waals surface area contributed by atoms with E-state index in [-0.39, 0.29) is 30.3 Å². The Morgan fingerprint density at radius 3 is 1.92 bits per heavy atom. The van der Waals surface area contributed by atoms with E-state index in [2.05, 4.69) is 0 Å². The molecule has 0 bridgehead atoms. The number of carbonyl (C=O) groups excluding carboxylic acids is 3. The standard InChI is InChI=1S/C29H45NO8/c1-9-12-13-23(31)36-18(4)16-20(24(30)25(32)33)19-14-15-21(37-26(34)28(5,6)10-2)22(17-19)38-27(35)29(7,8)11-3/h14-15,17-18,20,24H,9-13,16,30H2,1-8H3,(H,32,33)/t18?,20?,24-/m0/s1. The Kier molecular flexibility index (Phi) is 12.4. The van der Waals surface area contributed by atoms with E-state index in [9.17, 15) is 24.3 Å². The SMILES string of the molecule is CCCCC(=O)OC(C)CC(c1ccc(OC(=O)C(C)(C)CC)c(OC(=O)C(C)(C)CC)c1)[C@H](N)C(=O)O. The van der Waals surface area contributed by atoms with Gasteiger partial charge in [0.2, 0.25) is 0 Å². The summed E-state index contributed by atoms with van der Waals surface area (Å²) in [5, 5.41) is 9.68. The number of benzene rings is 1. The molecule has 2 unspecified atom stereocenters. The lowest BCUT2D eigenvalue weighted by atomic mass is 9.86. The van der Waals surface area contributed by atoms with Crippen molar-refractivity contribution in [1.82, 2.24) is 0 Å². The second kappa shape index (κ2) is 14.3. The van der Waals surface area contributed by atoms with Crippen LogP contribution in [0.25, 0.3) is 0 Å². The Hall–Kier alpha value is -2.94. The van der Waals surface area contributed by atoms with Crippen molar-refractivity contribution in [3.05, 3.63) is 23.8 Å². The Morgan fingerprint density at radius 2 is 1.45 bits per heavy atom. The third kappa shape index (κ3) is 9.42. The maximum Gasteiger partial charge on any atom is 0.321 e. The molecule has 0 fully saturated rings. The maximum absolute atomic E-state index is 12.9. The van der Waals surface area contributed by atoms with Crippen LogP contribution in [-0.2, 0) is 23.9 Å². The number of nitrogens with two attached hydrogens (primary N) is 1. The molecule has 0 saturated heterocycles. The molecule has 0 aromatic heterocycles. The van der Waals surface area contributed by atoms with Crippen molar-refractivity contribution in [2.75, 3.05) is 0 Å². The van der Waals surface area contributed by atoms with Gasteiger partial charge in [-0.25, -0.2) is 0 Å². The number of unbranched alkanes of at least 4 members (excludes halogenated alkanes) is 1. The predicted molar refractivity (Wildman–Crippen MR) is 144 cm³/mol. The van der Waals surface area contributed by atoms with E-state index in [1.165, 1.54) is 12.1 Å². The molecule has 0 saturated carbocycles. The molecule has 1 aromatic rings. The zero-order valence-electron chi connectivity index (χ0n) is 24.1. The summed E-state index contributed by atoms with van der Waals surface area (Å²) in [7, 11) is 0. The fourth-order valence-corrected chi connectivity index (χ4v) is 3.36. The van der Waals surface area contributed by atoms with E-state index in [1.807, 2.05) is 20.8 Å². The molecule has 38 heavy (non-hydrogen) atoms. The minimum Gasteiger partial charge on any atom is -0.480 e. The van der Waals surface area contributed by atoms with E-state index in [4.69, 9.17) is 19.9 Å². The number of carbonyl (C=O) groups is 4. The maximum atomic E-state index is 12.9. The lowest BCUT2D eigenvalue weighted by Gasteiger charge is -2.27. The number of esters is 3. The Bertz CT molecular complexity index is 985. The minimum absolute atomic E-state index is 0.00976. The van der Waals surface area contributed by atoms with Crippen LogP contribution in [0.1, 0.15) is 105 Å². The van der Waals surface area contributed by atoms with Gasteiger partial charge in [-0.15, -0.1) is 0 Å². The lowest BCUT2D eigenvalue weighted by molar-refractivity contribution is -0.149. The van der Waals surface area contributed by atoms with Gasteiger partial charge in [0.05, 0.1) is 16.9 Å². The predicted octanol–water partition coefficient (Wildman–Crippen LogP) is 5.38. The fraction of sp³-hybridized carbons (Fsp3) is 0.655. The molecule has 3 N–H and O–H groups in total. The third-order valence-electron chi connectivity index (χ3n) is 7.05. The number of ether oxygens (including phenoxy) is 3. The summed E-state index contributed by atoms with van der Waals surface area (Å²) < 4.78 is 16.8. The molecule has 0 heterocycles. The van der Waals surface area contributed by atoms with Crippen LogP contribution in [0.5, 0.6) is 11.5 Å². The smallest absolute Gasteiger partial charge is 0.321 e. The van der Waals surface area contributed by atoms with Crippen molar-refractivity contribution >= 4 is 23.9 Å². The van der Waals surface area contributed by atoms with Crippen LogP contribution in [0, 0.1) is 10.8 Å². The van der Waals surface area contributed by atoms with Crippen LogP contribution < -0.4 is 15.2 Å². The monoisotopic (exact) mass is 535 g/mol. The van der Waals surface area contributed by atoms with Gasteiger partial charge in [0.25, 0.3) is 0 Å². The number of rotatable bonds is 15. The van der Waals surface area contributed by atoms with Crippen molar-refractivity contribution in [3.8, 4) is 11.5 Å². The second-order valence-corrected chi connectivity index (χ2v) is 11.1. The van der Waals surface area contributed by atoms with Gasteiger partial charge in [0.15, 0.2) is 11.5 Å². The first-order valence-electron chi connectivity index (χ1n) is 13.4. The van der Waals surface area contributed by atoms with Crippen molar-refractivity contribution in [2.45, 2.75) is 112 Å². The topological polar surface area (TPSA) is 142 Å². The Balaban J connectivity index is 3.46. The van der Waals surface area contributed by atoms with E-state index in [0.29, 0.717) is 24.8 Å². The molecule has 9 heteroatoms. The van der Waals surface area contributed by atoms with Crippen LogP contribution >= 0.6 is 0 Å². The van der Waals surface area contributed by atoms with Crippen molar-refractivity contribution in [1.29, 1.82) is 0 Å². The molecular weight excluding hydrogens is 490 g/mol. The molecule has 0 amide bonds. The summed E-state index contributed by atoms with van der Waals surface area (Å²) in [6, 6.07) is 3.21. The highest BCUT2D eigenvalue weighted by molar-refractivity contribution is 5.82. The van der Waals surface area contributed by atoms with Crippen molar-refractivity contribution < 1.29 is 38.5 Å². The van der Waals surface area contributed by atoms with Gasteiger partial charge in [-0.05, 0) is 78.0 Å². The van der Waals surface area contributed by atoms with Gasteiger partial charge in [-0.3, -0.25) is 19.2 Å². The summed E-state index contributed by atoms with van der Waals surface area (Å²) in [5.41, 5.74) is 4.92. The summed E-state index contributed by atoms with van der Waals surface area (Å²) in [5.74, 6) is -3.36. The molecule has 0 aliphatic rings. The van der Waals surface area contributed by atoms with E-state index < -0.39 is 46.8 Å². The van der Waals surface area contributed by atoms with E-state index in [0.717, 1.165) is 6.42 Å². The second-order valence-electron chi connectivity index (χ2n) is 11.1. The molecule has 1 rings (SSSR count). The molecule has 1 aromatic carbocycles. The zero-order chi connectivity index (χ0) is 29.3. The minimum atomic E-state index is -1.32. The van der Waals surface area contributed by atoms with Crippen LogP contribution in [-0.4, -0.2) is 41.1 Å². The van der Waals surface area contributed by atoms with Crippen LogP contribution in [0.15, 0.2) is 18.2 Å². The highest BCUT2D eigenvalue weighted by Crippen LogP contribution is 2.37. The molecule has 9 nitrogen and oxygen atoms in total. The molecule has 0 aliphatic heterocycles. The largest absolute Gasteiger partial charge is 0.480 e. The highest BCUT2D eigenvalue weighted by atomic mass is 16.6. The van der Waals surface area contributed by atoms with Crippen molar-refractivity contribution in [3.63, 3.8) is 0 Å². The van der Waals surface area contributed by atoms with Gasteiger partial charge in [-0.1, -0.05) is 33.3 Å². The summed E-state index contributed by atoms with van der Waals surface area (Å²) in [4.78, 5) is 49.7. The van der Waals surface area contributed by atoms with Crippen LogP contribution in [0.3, 0.4) is 0 Å². The number of hydrogen-bond acceptors (Lipinski definition) is 8. The summed E-state index contributed by atoms with van der Waals surface area (Å²) in [6.07, 6.45) is 2.38. The van der Waals surface area contributed by atoms with Gasteiger partial charge in [0, 0.05) is 12.3 Å². The van der Waals surface area contributed by atoms with Crippen LogP contribution in [0.2, 0.25) is 0 Å². The average Bonchev–Trinajstić information content (AvgIpc) is 2.86. The first-order chi connectivity index (χ1) is 17.6. The first kappa shape index (κ1) is 33.1. The summed E-state index contributed by atoms with van der Waals surface area (Å²) in [6.45, 7) is 14.3. The molecule has 214 valence electrons. The van der Waals surface area contributed by atoms with Gasteiger partial charge >= 0.3 is 23.9 Å². The molecular formula is C29H45NO8. The van der Waals surface area contributed by atoms with Gasteiger partial charge < -0.3 is 25.1 Å². The lowest BCUT2D eigenvalue weighted by Crippen LogP contribution is -2.38. The van der Waals surface area contributed by atoms with E-state index >= 15 is 0 Å². The normalized spacial score (nSPS) is 14.2. The van der Waals surface area contributed by atoms with Gasteiger partial charge in [0.1, 0.15) is 6.04 Å². The third-order valence-corrected chi connectivity index (χ3v) is 7.05.